The highest BCUT2D eigenvalue weighted by Gasteiger charge is 2.32. The van der Waals surface area contributed by atoms with E-state index in [0.29, 0.717) is 83.6 Å². The van der Waals surface area contributed by atoms with E-state index >= 15 is 0 Å². The highest BCUT2D eigenvalue weighted by Crippen LogP contribution is 2.45. The Hall–Kier alpha value is -4.42. The maximum absolute atomic E-state index is 11.6. The topological polar surface area (TPSA) is 136 Å². The van der Waals surface area contributed by atoms with Crippen molar-refractivity contribution in [3.63, 3.8) is 0 Å². The van der Waals surface area contributed by atoms with Gasteiger partial charge in [-0.3, -0.25) is 9.59 Å². The molecule has 0 spiro atoms. The zero-order valence-electron chi connectivity index (χ0n) is 27.8. The number of methoxy groups -OCH3 is 2. The third kappa shape index (κ3) is 6.96. The number of nitrogens with one attached hydrogen (secondary N) is 4. The summed E-state index contributed by atoms with van der Waals surface area (Å²) in [6.45, 7) is 2.27. The molecule has 2 amide bonds. The molecule has 5 heterocycles. The number of aromatic nitrogens is 2. The van der Waals surface area contributed by atoms with E-state index in [1.165, 1.54) is 0 Å². The van der Waals surface area contributed by atoms with Crippen molar-refractivity contribution in [3.8, 4) is 51.2 Å². The number of carbonyl (C=O) groups excluding carboxylic acids is 2. The number of carbonyl (C=O) groups is 2. The first-order chi connectivity index (χ1) is 24.3. The Bertz CT molecular complexity index is 1940. The van der Waals surface area contributed by atoms with Crippen LogP contribution in [0.4, 0.5) is 0 Å². The third-order valence-electron chi connectivity index (χ3n) is 9.39. The molecular formula is C37H38Cl2N6O5. The van der Waals surface area contributed by atoms with Crippen LogP contribution >= 0.6 is 23.2 Å². The number of ether oxygens (including phenoxy) is 3. The van der Waals surface area contributed by atoms with Crippen LogP contribution in [0.1, 0.15) is 42.9 Å². The van der Waals surface area contributed by atoms with E-state index in [1.807, 2.05) is 54.6 Å². The Balaban J connectivity index is 1.13. The van der Waals surface area contributed by atoms with Gasteiger partial charge >= 0.3 is 0 Å². The van der Waals surface area contributed by atoms with Gasteiger partial charge in [-0.25, -0.2) is 9.97 Å². The fourth-order valence-corrected chi connectivity index (χ4v) is 7.44. The highest BCUT2D eigenvalue weighted by atomic mass is 35.5. The summed E-state index contributed by atoms with van der Waals surface area (Å²) in [4.78, 5) is 32.8. The number of pyridine rings is 2. The third-order valence-corrected chi connectivity index (χ3v) is 10.2. The molecule has 2 saturated heterocycles. The molecule has 260 valence electrons. The van der Waals surface area contributed by atoms with E-state index in [9.17, 15) is 9.59 Å². The van der Waals surface area contributed by atoms with Crippen molar-refractivity contribution in [1.29, 1.82) is 0 Å². The van der Waals surface area contributed by atoms with Crippen molar-refractivity contribution in [2.45, 2.75) is 50.4 Å². The summed E-state index contributed by atoms with van der Waals surface area (Å²) >= 11 is 14.2. The molecule has 0 saturated carbocycles. The van der Waals surface area contributed by atoms with E-state index in [0.717, 1.165) is 40.7 Å². The van der Waals surface area contributed by atoms with E-state index in [1.54, 1.807) is 14.2 Å². The number of fused-ring (bicyclic) bond motifs is 1. The van der Waals surface area contributed by atoms with Crippen LogP contribution in [0.3, 0.4) is 0 Å². The van der Waals surface area contributed by atoms with Gasteiger partial charge in [-0.05, 0) is 18.9 Å². The second-order valence-electron chi connectivity index (χ2n) is 12.6. The SMILES string of the molecule is COc1nc(-c2cccc(-c3cccc(-c4cc5c(c(OC)n4)[C@@H](NC[C@@H]4CCC(=O)N4)CO5)c3Cl)c2Cl)ccc1CNC[C@@H]1CCC(=O)N1. The van der Waals surface area contributed by atoms with Crippen LogP contribution in [0.25, 0.3) is 33.6 Å². The molecule has 4 N–H and O–H groups in total. The van der Waals surface area contributed by atoms with Gasteiger partial charge in [-0.1, -0.05) is 65.7 Å². The number of amides is 2. The Morgan fingerprint density at radius 1 is 0.800 bits per heavy atom. The van der Waals surface area contributed by atoms with Gasteiger partial charge in [0, 0.05) is 78.4 Å². The smallest absolute Gasteiger partial charge is 0.222 e. The summed E-state index contributed by atoms with van der Waals surface area (Å²) < 4.78 is 17.5. The van der Waals surface area contributed by atoms with Gasteiger partial charge in [0.05, 0.1) is 47.3 Å². The fraction of sp³-hybridized carbons (Fsp3) is 0.351. The Morgan fingerprint density at radius 2 is 1.40 bits per heavy atom. The first-order valence-electron chi connectivity index (χ1n) is 16.7. The van der Waals surface area contributed by atoms with Crippen LogP contribution in [-0.4, -0.2) is 67.8 Å². The van der Waals surface area contributed by atoms with Gasteiger partial charge in [0.2, 0.25) is 23.6 Å². The van der Waals surface area contributed by atoms with Crippen molar-refractivity contribution in [3.05, 3.63) is 75.8 Å². The van der Waals surface area contributed by atoms with Crippen LogP contribution in [0.5, 0.6) is 17.5 Å². The summed E-state index contributed by atoms with van der Waals surface area (Å²) in [7, 11) is 3.18. The first-order valence-corrected chi connectivity index (χ1v) is 17.4. The molecule has 3 atom stereocenters. The maximum Gasteiger partial charge on any atom is 0.222 e. The maximum atomic E-state index is 11.6. The average Bonchev–Trinajstić information content (AvgIpc) is 3.86. The number of hydrogen-bond acceptors (Lipinski definition) is 9. The van der Waals surface area contributed by atoms with Crippen LogP contribution in [0.15, 0.2) is 54.6 Å². The lowest BCUT2D eigenvalue weighted by Gasteiger charge is -2.18. The zero-order valence-corrected chi connectivity index (χ0v) is 29.3. The number of rotatable bonds is 12. The molecule has 0 radical (unpaired) electrons. The van der Waals surface area contributed by atoms with Crippen LogP contribution in [0, 0.1) is 0 Å². The van der Waals surface area contributed by atoms with Gasteiger partial charge < -0.3 is 35.5 Å². The van der Waals surface area contributed by atoms with E-state index in [2.05, 4.69) is 21.3 Å². The molecule has 2 fully saturated rings. The number of hydrogen-bond donors (Lipinski definition) is 4. The molecule has 50 heavy (non-hydrogen) atoms. The molecule has 3 aliphatic heterocycles. The molecule has 2 aromatic heterocycles. The van der Waals surface area contributed by atoms with Crippen molar-refractivity contribution in [2.75, 3.05) is 33.9 Å². The van der Waals surface area contributed by atoms with Gasteiger partial charge in [-0.15, -0.1) is 0 Å². The van der Waals surface area contributed by atoms with Crippen LogP contribution in [-0.2, 0) is 16.1 Å². The Morgan fingerprint density at radius 3 is 2.02 bits per heavy atom. The van der Waals surface area contributed by atoms with E-state index in [-0.39, 0.29) is 29.9 Å². The van der Waals surface area contributed by atoms with E-state index in [4.69, 9.17) is 47.4 Å². The zero-order chi connectivity index (χ0) is 34.8. The lowest BCUT2D eigenvalue weighted by Crippen LogP contribution is -2.37. The predicted molar refractivity (Wildman–Crippen MR) is 192 cm³/mol. The van der Waals surface area contributed by atoms with Gasteiger partial charge in [-0.2, -0.15) is 0 Å². The Kier molecular flexibility index (Phi) is 10.1. The van der Waals surface area contributed by atoms with Crippen molar-refractivity contribution < 1.29 is 23.8 Å². The summed E-state index contributed by atoms with van der Waals surface area (Å²) in [5.41, 5.74) is 5.93. The summed E-state index contributed by atoms with van der Waals surface area (Å²) in [5, 5.41) is 13.8. The molecule has 13 heteroatoms. The molecule has 4 aromatic rings. The molecule has 11 nitrogen and oxygen atoms in total. The van der Waals surface area contributed by atoms with Gasteiger partial charge in [0.25, 0.3) is 0 Å². The summed E-state index contributed by atoms with van der Waals surface area (Å²) in [6, 6.07) is 17.4. The minimum Gasteiger partial charge on any atom is -0.491 e. The number of halogens is 2. The minimum absolute atomic E-state index is 0.0828. The molecule has 3 aliphatic rings. The van der Waals surface area contributed by atoms with Crippen molar-refractivity contribution in [2.24, 2.45) is 0 Å². The largest absolute Gasteiger partial charge is 0.491 e. The standard InChI is InChI=1S/C37H38Cl2N6O5/c1-48-36-20(16-40-17-21-10-13-31(46)42-21)9-12-27(44-36)25-7-3-5-23(34(25)38)24-6-4-8-26(35(24)39)28-15-30-33(37(45-28)49-2)29(19-50-30)41-18-22-11-14-32(47)43-22/h3-9,12,15,21-22,29,40-41H,10-11,13-14,16-19H2,1-2H3,(H,42,46)(H,43,47)/t21-,22-,29-/m0/s1. The molecule has 0 unspecified atom stereocenters. The fourth-order valence-electron chi connectivity index (χ4n) is 6.79. The molecule has 2 aromatic carbocycles. The van der Waals surface area contributed by atoms with Crippen LogP contribution < -0.4 is 35.5 Å². The lowest BCUT2D eigenvalue weighted by molar-refractivity contribution is -0.120. The monoisotopic (exact) mass is 716 g/mol. The van der Waals surface area contributed by atoms with Crippen molar-refractivity contribution >= 4 is 35.0 Å². The molecular weight excluding hydrogens is 679 g/mol. The van der Waals surface area contributed by atoms with Crippen LogP contribution in [0.2, 0.25) is 10.0 Å². The molecule has 0 bridgehead atoms. The minimum atomic E-state index is -0.124. The normalized spacial score (nSPS) is 19.6. The highest BCUT2D eigenvalue weighted by molar-refractivity contribution is 6.39. The summed E-state index contributed by atoms with van der Waals surface area (Å²) in [6.07, 6.45) is 2.76. The lowest BCUT2D eigenvalue weighted by atomic mass is 9.97. The van der Waals surface area contributed by atoms with E-state index < -0.39 is 0 Å². The second-order valence-corrected chi connectivity index (χ2v) is 13.4. The van der Waals surface area contributed by atoms with Crippen molar-refractivity contribution in [1.82, 2.24) is 31.2 Å². The quantitative estimate of drug-likeness (QED) is 0.151. The summed E-state index contributed by atoms with van der Waals surface area (Å²) in [5.74, 6) is 1.80. The number of nitrogens with zero attached hydrogens (tertiary/aromatic N) is 2. The first kappa shape index (κ1) is 34.0. The molecule has 7 rings (SSSR count). The Labute approximate surface area is 300 Å². The predicted octanol–water partition coefficient (Wildman–Crippen LogP) is 5.47. The van der Waals surface area contributed by atoms with Gasteiger partial charge in [0.15, 0.2) is 0 Å². The molecule has 0 aliphatic carbocycles. The van der Waals surface area contributed by atoms with Gasteiger partial charge in [0.1, 0.15) is 12.4 Å². The second kappa shape index (κ2) is 14.8. The number of benzene rings is 2. The average molecular weight is 718 g/mol.